The molecule has 0 aliphatic heterocycles. The number of ether oxygens (including phenoxy) is 2. The molecule has 1 aromatic heterocycles. The van der Waals surface area contributed by atoms with E-state index in [1.165, 1.54) is 0 Å². The Balaban J connectivity index is 1.93. The molecule has 1 unspecified atom stereocenters. The van der Waals surface area contributed by atoms with E-state index in [0.717, 1.165) is 29.1 Å². The number of nitrogens with zero attached hydrogens (tertiary/aromatic N) is 3. The second-order valence-electron chi connectivity index (χ2n) is 8.60. The van der Waals surface area contributed by atoms with E-state index < -0.39 is 6.10 Å². The first-order valence-electron chi connectivity index (χ1n) is 11.4. The van der Waals surface area contributed by atoms with E-state index in [1.807, 2.05) is 55.6 Å². The van der Waals surface area contributed by atoms with Crippen LogP contribution in [0.2, 0.25) is 0 Å². The highest BCUT2D eigenvalue weighted by atomic mass is 16.5. The fraction of sp³-hybridized carbons (Fsp3) is 0.370. The molecule has 0 radical (unpaired) electrons. The standard InChI is InChI=1S/C27H35N3O3/c1-5-16-32-20-23(31)18-30(17-21(2)3)19-25-26(22-12-8-6-9-13-22)28-29(4)27(25)33-24-14-10-7-11-15-24/h5-15,21,23,31H,1,16-20H2,2-4H3. The highest BCUT2D eigenvalue weighted by molar-refractivity contribution is 5.65. The fourth-order valence-corrected chi connectivity index (χ4v) is 3.83. The van der Waals surface area contributed by atoms with Crippen molar-refractivity contribution in [3.8, 4) is 22.9 Å². The Kier molecular flexibility index (Phi) is 9.24. The van der Waals surface area contributed by atoms with Crippen LogP contribution in [0.1, 0.15) is 19.4 Å². The van der Waals surface area contributed by atoms with Gasteiger partial charge in [-0.05, 0) is 18.1 Å². The second kappa shape index (κ2) is 12.3. The lowest BCUT2D eigenvalue weighted by Gasteiger charge is -2.27. The van der Waals surface area contributed by atoms with Crippen LogP contribution in [-0.4, -0.2) is 52.2 Å². The predicted molar refractivity (Wildman–Crippen MR) is 132 cm³/mol. The Labute approximate surface area is 197 Å². The summed E-state index contributed by atoms with van der Waals surface area (Å²) in [5.41, 5.74) is 2.91. The molecule has 3 aromatic rings. The molecule has 176 valence electrons. The fourth-order valence-electron chi connectivity index (χ4n) is 3.83. The summed E-state index contributed by atoms with van der Waals surface area (Å²) < 4.78 is 13.6. The lowest BCUT2D eigenvalue weighted by Crippen LogP contribution is -2.37. The SMILES string of the molecule is C=CCOCC(O)CN(Cc1c(-c2ccccc2)nn(C)c1Oc1ccccc1)CC(C)C. The first-order chi connectivity index (χ1) is 16.0. The molecule has 6 nitrogen and oxygen atoms in total. The van der Waals surface area contributed by atoms with E-state index in [0.29, 0.717) is 31.5 Å². The molecule has 0 spiro atoms. The number of para-hydroxylation sites is 1. The van der Waals surface area contributed by atoms with Crippen LogP contribution < -0.4 is 4.74 Å². The second-order valence-corrected chi connectivity index (χ2v) is 8.60. The largest absolute Gasteiger partial charge is 0.439 e. The molecule has 2 aromatic carbocycles. The number of aryl methyl sites for hydroxylation is 1. The summed E-state index contributed by atoms with van der Waals surface area (Å²) in [6, 6.07) is 19.9. The third-order valence-corrected chi connectivity index (χ3v) is 5.11. The van der Waals surface area contributed by atoms with E-state index in [1.54, 1.807) is 10.8 Å². The summed E-state index contributed by atoms with van der Waals surface area (Å²) in [5.74, 6) is 1.89. The normalized spacial score (nSPS) is 12.3. The third-order valence-electron chi connectivity index (χ3n) is 5.11. The maximum atomic E-state index is 10.6. The smallest absolute Gasteiger partial charge is 0.222 e. The molecule has 1 N–H and O–H groups in total. The Morgan fingerprint density at radius 1 is 1.06 bits per heavy atom. The Bertz CT molecular complexity index is 987. The first kappa shape index (κ1) is 24.7. The molecule has 33 heavy (non-hydrogen) atoms. The minimum absolute atomic E-state index is 0.270. The molecule has 0 saturated heterocycles. The maximum absolute atomic E-state index is 10.6. The monoisotopic (exact) mass is 449 g/mol. The Morgan fingerprint density at radius 3 is 2.36 bits per heavy atom. The van der Waals surface area contributed by atoms with Crippen LogP contribution in [0, 0.1) is 5.92 Å². The van der Waals surface area contributed by atoms with Gasteiger partial charge < -0.3 is 14.6 Å². The van der Waals surface area contributed by atoms with E-state index in [4.69, 9.17) is 14.6 Å². The summed E-state index contributed by atoms with van der Waals surface area (Å²) in [6.07, 6.45) is 1.09. The quantitative estimate of drug-likeness (QED) is 0.297. The van der Waals surface area contributed by atoms with Gasteiger partial charge in [-0.2, -0.15) is 5.10 Å². The van der Waals surface area contributed by atoms with Crippen LogP contribution >= 0.6 is 0 Å². The minimum atomic E-state index is -0.598. The average molecular weight is 450 g/mol. The van der Waals surface area contributed by atoms with Crippen molar-refractivity contribution in [3.63, 3.8) is 0 Å². The number of aliphatic hydroxyl groups excluding tert-OH is 1. The van der Waals surface area contributed by atoms with Crippen LogP contribution in [-0.2, 0) is 18.3 Å². The van der Waals surface area contributed by atoms with Crippen molar-refractivity contribution in [1.82, 2.24) is 14.7 Å². The van der Waals surface area contributed by atoms with Gasteiger partial charge in [0, 0.05) is 32.2 Å². The molecule has 1 atom stereocenters. The van der Waals surface area contributed by atoms with Gasteiger partial charge in [-0.15, -0.1) is 6.58 Å². The lowest BCUT2D eigenvalue weighted by molar-refractivity contribution is 0.0222. The van der Waals surface area contributed by atoms with Gasteiger partial charge in [-0.1, -0.05) is 68.5 Å². The molecule has 0 fully saturated rings. The van der Waals surface area contributed by atoms with Crippen LogP contribution in [0.15, 0.2) is 73.3 Å². The van der Waals surface area contributed by atoms with Crippen LogP contribution in [0.25, 0.3) is 11.3 Å². The van der Waals surface area contributed by atoms with E-state index in [-0.39, 0.29) is 6.61 Å². The van der Waals surface area contributed by atoms with Crippen molar-refractivity contribution < 1.29 is 14.6 Å². The van der Waals surface area contributed by atoms with Gasteiger partial charge in [0.25, 0.3) is 0 Å². The maximum Gasteiger partial charge on any atom is 0.222 e. The van der Waals surface area contributed by atoms with Crippen molar-refractivity contribution >= 4 is 0 Å². The molecule has 6 heteroatoms. The summed E-state index contributed by atoms with van der Waals surface area (Å²) in [6.45, 7) is 10.6. The van der Waals surface area contributed by atoms with Gasteiger partial charge in [-0.25, -0.2) is 4.68 Å². The molecule has 0 aliphatic carbocycles. The molecule has 1 heterocycles. The average Bonchev–Trinajstić information content (AvgIpc) is 3.10. The number of hydrogen-bond acceptors (Lipinski definition) is 5. The molecule has 0 bridgehead atoms. The van der Waals surface area contributed by atoms with Crippen molar-refractivity contribution in [2.45, 2.75) is 26.5 Å². The van der Waals surface area contributed by atoms with Crippen molar-refractivity contribution in [3.05, 3.63) is 78.9 Å². The highest BCUT2D eigenvalue weighted by Crippen LogP contribution is 2.34. The van der Waals surface area contributed by atoms with Crippen molar-refractivity contribution in [1.29, 1.82) is 0 Å². The highest BCUT2D eigenvalue weighted by Gasteiger charge is 2.23. The van der Waals surface area contributed by atoms with Gasteiger partial charge in [0.1, 0.15) is 11.4 Å². The van der Waals surface area contributed by atoms with E-state index >= 15 is 0 Å². The number of rotatable bonds is 13. The zero-order valence-electron chi connectivity index (χ0n) is 19.9. The molecular formula is C27H35N3O3. The molecule has 0 aliphatic rings. The first-order valence-corrected chi connectivity index (χ1v) is 11.4. The van der Waals surface area contributed by atoms with Crippen molar-refractivity contribution in [2.75, 3.05) is 26.3 Å². The Morgan fingerprint density at radius 2 is 1.73 bits per heavy atom. The number of aliphatic hydroxyl groups is 1. The van der Waals surface area contributed by atoms with E-state index in [2.05, 4.69) is 37.5 Å². The van der Waals surface area contributed by atoms with Gasteiger partial charge in [0.05, 0.1) is 24.9 Å². The third kappa shape index (κ3) is 7.29. The number of aromatic nitrogens is 2. The minimum Gasteiger partial charge on any atom is -0.439 e. The van der Waals surface area contributed by atoms with Crippen LogP contribution in [0.5, 0.6) is 11.6 Å². The molecular weight excluding hydrogens is 414 g/mol. The molecule has 3 rings (SSSR count). The summed E-state index contributed by atoms with van der Waals surface area (Å²) in [7, 11) is 1.90. The number of hydrogen-bond donors (Lipinski definition) is 1. The van der Waals surface area contributed by atoms with Gasteiger partial charge >= 0.3 is 0 Å². The van der Waals surface area contributed by atoms with Crippen LogP contribution in [0.4, 0.5) is 0 Å². The topological polar surface area (TPSA) is 59.8 Å². The van der Waals surface area contributed by atoms with E-state index in [9.17, 15) is 5.11 Å². The zero-order valence-corrected chi connectivity index (χ0v) is 19.9. The Hall–Kier alpha value is -2.93. The van der Waals surface area contributed by atoms with Crippen molar-refractivity contribution in [2.24, 2.45) is 13.0 Å². The summed E-state index contributed by atoms with van der Waals surface area (Å²) in [5, 5.41) is 15.4. The lowest BCUT2D eigenvalue weighted by atomic mass is 10.1. The summed E-state index contributed by atoms with van der Waals surface area (Å²) in [4.78, 5) is 2.24. The zero-order chi connectivity index (χ0) is 23.6. The predicted octanol–water partition coefficient (Wildman–Crippen LogP) is 4.90. The molecule has 0 saturated carbocycles. The van der Waals surface area contributed by atoms with Gasteiger partial charge in [0.2, 0.25) is 5.88 Å². The summed E-state index contributed by atoms with van der Waals surface area (Å²) >= 11 is 0. The van der Waals surface area contributed by atoms with Crippen LogP contribution in [0.3, 0.4) is 0 Å². The van der Waals surface area contributed by atoms with Gasteiger partial charge in [0.15, 0.2) is 0 Å². The molecule has 0 amide bonds. The number of benzene rings is 2. The van der Waals surface area contributed by atoms with Gasteiger partial charge in [-0.3, -0.25) is 4.90 Å².